The van der Waals surface area contributed by atoms with Gasteiger partial charge in [-0.2, -0.15) is 5.10 Å². The Morgan fingerprint density at radius 3 is 2.66 bits per heavy atom. The van der Waals surface area contributed by atoms with Gasteiger partial charge in [0.15, 0.2) is 5.82 Å². The SMILES string of the molecule is Cc1nc(-c2ccc(C)c(NC(=O)NCC3(c4ccccc4F)CCC3)c2)n[nH]1. The van der Waals surface area contributed by atoms with Crippen molar-refractivity contribution in [1.29, 1.82) is 0 Å². The zero-order chi connectivity index (χ0) is 20.4. The molecule has 6 nitrogen and oxygen atoms in total. The van der Waals surface area contributed by atoms with E-state index in [1.165, 1.54) is 6.07 Å². The molecule has 7 heteroatoms. The molecule has 1 fully saturated rings. The lowest BCUT2D eigenvalue weighted by Crippen LogP contribution is -2.47. The zero-order valence-electron chi connectivity index (χ0n) is 16.6. The largest absolute Gasteiger partial charge is 0.337 e. The molecule has 0 spiro atoms. The van der Waals surface area contributed by atoms with Gasteiger partial charge < -0.3 is 10.6 Å². The standard InChI is InChI=1S/C22H24FN5O/c1-14-8-9-16(20-25-15(2)27-28-20)12-19(14)26-21(29)24-13-22(10-5-11-22)17-6-3-4-7-18(17)23/h3-4,6-9,12H,5,10-11,13H2,1-2H3,(H2,24,26,29)(H,25,27,28). The molecule has 1 aromatic heterocycles. The Bertz CT molecular complexity index is 1040. The summed E-state index contributed by atoms with van der Waals surface area (Å²) in [4.78, 5) is 16.9. The van der Waals surface area contributed by atoms with Crippen LogP contribution < -0.4 is 10.6 Å². The van der Waals surface area contributed by atoms with E-state index in [0.29, 0.717) is 23.6 Å². The number of hydrogen-bond donors (Lipinski definition) is 3. The summed E-state index contributed by atoms with van der Waals surface area (Å²) in [6.07, 6.45) is 2.77. The summed E-state index contributed by atoms with van der Waals surface area (Å²) < 4.78 is 14.3. The third-order valence-electron chi connectivity index (χ3n) is 5.68. The average Bonchev–Trinajstić information content (AvgIpc) is 3.10. The maximum absolute atomic E-state index is 14.3. The van der Waals surface area contributed by atoms with E-state index in [1.807, 2.05) is 44.2 Å². The number of anilines is 1. The quantitative estimate of drug-likeness (QED) is 0.598. The number of rotatable bonds is 5. The van der Waals surface area contributed by atoms with E-state index in [2.05, 4.69) is 25.8 Å². The number of aromatic nitrogens is 3. The van der Waals surface area contributed by atoms with Gasteiger partial charge in [0.05, 0.1) is 0 Å². The number of aromatic amines is 1. The number of hydrogen-bond acceptors (Lipinski definition) is 3. The van der Waals surface area contributed by atoms with Gasteiger partial charge in [0.1, 0.15) is 11.6 Å². The normalized spacial score (nSPS) is 14.9. The Morgan fingerprint density at radius 1 is 1.21 bits per heavy atom. The molecule has 2 amide bonds. The van der Waals surface area contributed by atoms with E-state index in [9.17, 15) is 9.18 Å². The fourth-order valence-electron chi connectivity index (χ4n) is 3.82. The van der Waals surface area contributed by atoms with Crippen molar-refractivity contribution in [2.45, 2.75) is 38.5 Å². The first-order chi connectivity index (χ1) is 14.0. The van der Waals surface area contributed by atoms with Crippen molar-refractivity contribution in [3.8, 4) is 11.4 Å². The van der Waals surface area contributed by atoms with Crippen molar-refractivity contribution >= 4 is 11.7 Å². The number of halogens is 1. The van der Waals surface area contributed by atoms with E-state index in [4.69, 9.17) is 0 Å². The highest BCUT2D eigenvalue weighted by Gasteiger charge is 2.40. The van der Waals surface area contributed by atoms with Crippen LogP contribution in [0.1, 0.15) is 36.2 Å². The number of urea groups is 1. The summed E-state index contributed by atoms with van der Waals surface area (Å²) >= 11 is 0. The number of nitrogens with zero attached hydrogens (tertiary/aromatic N) is 2. The zero-order valence-corrected chi connectivity index (χ0v) is 16.6. The third kappa shape index (κ3) is 3.85. The fraction of sp³-hybridized carbons (Fsp3) is 0.318. The summed E-state index contributed by atoms with van der Waals surface area (Å²) in [5.74, 6) is 1.10. The second kappa shape index (κ2) is 7.66. The van der Waals surface area contributed by atoms with Crippen LogP contribution in [0.15, 0.2) is 42.5 Å². The highest BCUT2D eigenvalue weighted by molar-refractivity contribution is 5.91. The summed E-state index contributed by atoms with van der Waals surface area (Å²) in [6.45, 7) is 4.16. The molecule has 29 heavy (non-hydrogen) atoms. The molecule has 0 unspecified atom stereocenters. The Balaban J connectivity index is 1.45. The first-order valence-electron chi connectivity index (χ1n) is 9.77. The maximum Gasteiger partial charge on any atom is 0.319 e. The van der Waals surface area contributed by atoms with Crippen molar-refractivity contribution < 1.29 is 9.18 Å². The van der Waals surface area contributed by atoms with Gasteiger partial charge in [-0.25, -0.2) is 14.2 Å². The Labute approximate surface area is 169 Å². The van der Waals surface area contributed by atoms with E-state index in [1.54, 1.807) is 6.07 Å². The summed E-state index contributed by atoms with van der Waals surface area (Å²) in [6, 6.07) is 12.2. The van der Waals surface area contributed by atoms with Crippen molar-refractivity contribution in [3.05, 3.63) is 65.2 Å². The van der Waals surface area contributed by atoms with Crippen LogP contribution in [-0.2, 0) is 5.41 Å². The van der Waals surface area contributed by atoms with Crippen LogP contribution in [0.4, 0.5) is 14.9 Å². The van der Waals surface area contributed by atoms with Crippen LogP contribution in [0.3, 0.4) is 0 Å². The molecule has 3 aromatic rings. The van der Waals surface area contributed by atoms with Gasteiger partial charge in [0.25, 0.3) is 0 Å². The van der Waals surface area contributed by atoms with Crippen LogP contribution in [0.2, 0.25) is 0 Å². The predicted octanol–water partition coefficient (Wildman–Crippen LogP) is 4.47. The third-order valence-corrected chi connectivity index (χ3v) is 5.68. The van der Waals surface area contributed by atoms with E-state index in [-0.39, 0.29) is 17.3 Å². The number of nitrogens with one attached hydrogen (secondary N) is 3. The second-order valence-corrected chi connectivity index (χ2v) is 7.70. The summed E-state index contributed by atoms with van der Waals surface area (Å²) in [5.41, 5.74) is 2.80. The Morgan fingerprint density at radius 2 is 2.00 bits per heavy atom. The molecule has 0 saturated heterocycles. The highest BCUT2D eigenvalue weighted by Crippen LogP contribution is 2.44. The minimum atomic E-state index is -0.323. The average molecular weight is 393 g/mol. The molecule has 2 aromatic carbocycles. The minimum absolute atomic E-state index is 0.209. The molecule has 1 saturated carbocycles. The first-order valence-corrected chi connectivity index (χ1v) is 9.77. The lowest BCUT2D eigenvalue weighted by Gasteiger charge is -2.42. The molecule has 1 heterocycles. The van der Waals surface area contributed by atoms with Gasteiger partial charge in [-0.15, -0.1) is 0 Å². The maximum atomic E-state index is 14.3. The lowest BCUT2D eigenvalue weighted by molar-refractivity contribution is 0.217. The summed E-state index contributed by atoms with van der Waals surface area (Å²) in [5, 5.41) is 12.8. The van der Waals surface area contributed by atoms with Gasteiger partial charge in [-0.05, 0) is 49.9 Å². The molecule has 0 radical (unpaired) electrons. The number of H-pyrrole nitrogens is 1. The van der Waals surface area contributed by atoms with Crippen molar-refractivity contribution in [2.75, 3.05) is 11.9 Å². The smallest absolute Gasteiger partial charge is 0.319 e. The monoisotopic (exact) mass is 393 g/mol. The molecular formula is C22H24FN5O. The van der Waals surface area contributed by atoms with Gasteiger partial charge >= 0.3 is 6.03 Å². The van der Waals surface area contributed by atoms with Crippen molar-refractivity contribution in [3.63, 3.8) is 0 Å². The molecule has 0 aliphatic heterocycles. The van der Waals surface area contributed by atoms with Crippen LogP contribution in [-0.4, -0.2) is 27.8 Å². The predicted molar refractivity (Wildman–Crippen MR) is 110 cm³/mol. The Hall–Kier alpha value is -3.22. The molecule has 0 bridgehead atoms. The van der Waals surface area contributed by atoms with Gasteiger partial charge in [-0.3, -0.25) is 5.10 Å². The number of carbonyl (C=O) groups is 1. The van der Waals surface area contributed by atoms with E-state index < -0.39 is 0 Å². The van der Waals surface area contributed by atoms with Gasteiger partial charge in [0, 0.05) is 23.2 Å². The van der Waals surface area contributed by atoms with Gasteiger partial charge in [0.2, 0.25) is 0 Å². The molecule has 3 N–H and O–H groups in total. The Kier molecular flexibility index (Phi) is 5.05. The minimum Gasteiger partial charge on any atom is -0.337 e. The molecule has 150 valence electrons. The van der Waals surface area contributed by atoms with Crippen molar-refractivity contribution in [1.82, 2.24) is 20.5 Å². The molecule has 1 aliphatic carbocycles. The van der Waals surface area contributed by atoms with Crippen LogP contribution >= 0.6 is 0 Å². The van der Waals surface area contributed by atoms with Gasteiger partial charge in [-0.1, -0.05) is 36.8 Å². The highest BCUT2D eigenvalue weighted by atomic mass is 19.1. The second-order valence-electron chi connectivity index (χ2n) is 7.70. The molecule has 4 rings (SSSR count). The molecule has 1 aliphatic rings. The molecule has 0 atom stereocenters. The van der Waals surface area contributed by atoms with E-state index in [0.717, 1.165) is 36.2 Å². The lowest BCUT2D eigenvalue weighted by atomic mass is 9.64. The van der Waals surface area contributed by atoms with Crippen LogP contribution in [0.25, 0.3) is 11.4 Å². The number of aryl methyl sites for hydroxylation is 2. The number of benzene rings is 2. The fourth-order valence-corrected chi connectivity index (χ4v) is 3.82. The number of carbonyl (C=O) groups excluding carboxylic acids is 1. The van der Waals surface area contributed by atoms with E-state index >= 15 is 0 Å². The number of amides is 2. The topological polar surface area (TPSA) is 82.7 Å². The van der Waals surface area contributed by atoms with Crippen LogP contribution in [0.5, 0.6) is 0 Å². The molecular weight excluding hydrogens is 369 g/mol. The van der Waals surface area contributed by atoms with Crippen LogP contribution in [0, 0.1) is 19.7 Å². The first kappa shape index (κ1) is 19.1. The summed E-state index contributed by atoms with van der Waals surface area (Å²) in [7, 11) is 0. The van der Waals surface area contributed by atoms with Crippen molar-refractivity contribution in [2.24, 2.45) is 0 Å².